The molecule has 0 fully saturated rings. The Balaban J connectivity index is 2.86. The van der Waals surface area contributed by atoms with Gasteiger partial charge in [-0.3, -0.25) is 4.79 Å². The average molecular weight is 393 g/mol. The average Bonchev–Trinajstić information content (AvgIpc) is 2.45. The molecule has 0 aliphatic heterocycles. The lowest BCUT2D eigenvalue weighted by atomic mass is 9.98. The lowest BCUT2D eigenvalue weighted by Crippen LogP contribution is -2.15. The highest BCUT2D eigenvalue weighted by molar-refractivity contribution is 9.10. The normalized spacial score (nSPS) is 11.4. The molecule has 0 bridgehead atoms. The van der Waals surface area contributed by atoms with Crippen LogP contribution in [0.15, 0.2) is 28.9 Å². The molecule has 0 radical (unpaired) electrons. The summed E-state index contributed by atoms with van der Waals surface area (Å²) < 4.78 is 58.4. The second-order valence-corrected chi connectivity index (χ2v) is 5.33. The van der Waals surface area contributed by atoms with Crippen LogP contribution in [-0.2, 0) is 6.18 Å². The monoisotopic (exact) mass is 392 g/mol. The van der Waals surface area contributed by atoms with E-state index >= 15 is 0 Å². The maximum atomic E-state index is 14.2. The maximum absolute atomic E-state index is 14.2. The molecular formula is C14H9BrF4N2O2. The van der Waals surface area contributed by atoms with Gasteiger partial charge in [-0.05, 0) is 12.1 Å². The summed E-state index contributed by atoms with van der Waals surface area (Å²) in [6.07, 6.45) is -4.43. The van der Waals surface area contributed by atoms with Crippen LogP contribution in [0.5, 0.6) is 5.75 Å². The van der Waals surface area contributed by atoms with E-state index in [1.807, 2.05) is 0 Å². The van der Waals surface area contributed by atoms with Gasteiger partial charge in [-0.15, -0.1) is 0 Å². The number of rotatable bonds is 3. The predicted molar refractivity (Wildman–Crippen MR) is 77.4 cm³/mol. The summed E-state index contributed by atoms with van der Waals surface area (Å²) in [6.45, 7) is 0. The Labute approximate surface area is 136 Å². The Morgan fingerprint density at radius 2 is 2.00 bits per heavy atom. The van der Waals surface area contributed by atoms with Crippen LogP contribution in [0.1, 0.15) is 16.1 Å². The molecule has 0 spiro atoms. The topological polar surface area (TPSA) is 65.2 Å². The second kappa shape index (κ2) is 6.15. The number of halogens is 5. The van der Waals surface area contributed by atoms with E-state index in [1.165, 1.54) is 18.2 Å². The van der Waals surface area contributed by atoms with Gasteiger partial charge in [0.2, 0.25) is 5.91 Å². The molecule has 23 heavy (non-hydrogen) atoms. The molecule has 0 saturated carbocycles. The summed E-state index contributed by atoms with van der Waals surface area (Å²) in [7, 11) is 0.956. The molecule has 2 aromatic rings. The van der Waals surface area contributed by atoms with Crippen LogP contribution in [0.25, 0.3) is 11.1 Å². The van der Waals surface area contributed by atoms with Gasteiger partial charge in [0, 0.05) is 15.6 Å². The van der Waals surface area contributed by atoms with Crippen molar-refractivity contribution in [3.63, 3.8) is 0 Å². The van der Waals surface area contributed by atoms with Gasteiger partial charge in [0.05, 0.1) is 18.9 Å². The van der Waals surface area contributed by atoms with Gasteiger partial charge in [0.1, 0.15) is 0 Å². The number of ether oxygens (including phenoxy) is 1. The van der Waals surface area contributed by atoms with E-state index in [9.17, 15) is 22.4 Å². The van der Waals surface area contributed by atoms with Crippen LogP contribution in [0, 0.1) is 5.82 Å². The van der Waals surface area contributed by atoms with E-state index in [1.54, 1.807) is 0 Å². The molecule has 4 nitrogen and oxygen atoms in total. The zero-order valence-electron chi connectivity index (χ0n) is 11.5. The lowest BCUT2D eigenvalue weighted by Gasteiger charge is -2.17. The SMILES string of the molecule is COc1c(C(F)(F)F)ncc(F)c1-c1ccc(Br)cc1C(N)=O. The number of primary amides is 1. The Kier molecular flexibility index (Phi) is 4.60. The van der Waals surface area contributed by atoms with E-state index in [-0.39, 0.29) is 11.1 Å². The third kappa shape index (κ3) is 3.29. The van der Waals surface area contributed by atoms with Crippen molar-refractivity contribution >= 4 is 21.8 Å². The van der Waals surface area contributed by atoms with E-state index in [0.29, 0.717) is 10.7 Å². The first kappa shape index (κ1) is 17.2. The molecule has 0 saturated heterocycles. The molecule has 1 amide bonds. The smallest absolute Gasteiger partial charge is 0.437 e. The van der Waals surface area contributed by atoms with Crippen LogP contribution >= 0.6 is 15.9 Å². The Morgan fingerprint density at radius 3 is 2.52 bits per heavy atom. The number of nitrogens with zero attached hydrogens (tertiary/aromatic N) is 1. The van der Waals surface area contributed by atoms with Crippen molar-refractivity contribution in [2.24, 2.45) is 5.73 Å². The first-order valence-corrected chi connectivity index (χ1v) is 6.85. The van der Waals surface area contributed by atoms with Gasteiger partial charge in [-0.25, -0.2) is 9.37 Å². The number of methoxy groups -OCH3 is 1. The lowest BCUT2D eigenvalue weighted by molar-refractivity contribution is -0.142. The maximum Gasteiger partial charge on any atom is 0.437 e. The highest BCUT2D eigenvalue weighted by Crippen LogP contribution is 2.42. The van der Waals surface area contributed by atoms with Gasteiger partial charge in [0.15, 0.2) is 17.3 Å². The minimum absolute atomic E-state index is 0.122. The van der Waals surface area contributed by atoms with E-state index in [2.05, 4.69) is 20.9 Å². The molecule has 1 heterocycles. The number of amides is 1. The van der Waals surface area contributed by atoms with Crippen LogP contribution in [0.4, 0.5) is 17.6 Å². The predicted octanol–water partition coefficient (Wildman–Crippen LogP) is 3.78. The zero-order valence-corrected chi connectivity index (χ0v) is 13.1. The van der Waals surface area contributed by atoms with Crippen molar-refractivity contribution in [2.75, 3.05) is 7.11 Å². The molecule has 0 unspecified atom stereocenters. The molecule has 2 N–H and O–H groups in total. The van der Waals surface area contributed by atoms with Crippen molar-refractivity contribution in [1.29, 1.82) is 0 Å². The van der Waals surface area contributed by atoms with E-state index < -0.39 is 34.9 Å². The quantitative estimate of drug-likeness (QED) is 0.808. The summed E-state index contributed by atoms with van der Waals surface area (Å²) in [4.78, 5) is 14.6. The molecule has 1 aromatic carbocycles. The van der Waals surface area contributed by atoms with Crippen LogP contribution in [0.3, 0.4) is 0 Å². The molecule has 0 aliphatic rings. The Morgan fingerprint density at radius 1 is 1.35 bits per heavy atom. The third-order valence-electron chi connectivity index (χ3n) is 2.98. The standard InChI is InChI=1S/C14H9BrF4N2O2/c1-23-11-10(9(16)5-21-12(11)14(17,18)19)7-3-2-6(15)4-8(7)13(20)22/h2-5H,1H3,(H2,20,22). The van der Waals surface area contributed by atoms with Gasteiger partial charge >= 0.3 is 6.18 Å². The highest BCUT2D eigenvalue weighted by Gasteiger charge is 2.39. The number of nitrogens with two attached hydrogens (primary N) is 1. The molecule has 0 atom stereocenters. The summed E-state index contributed by atoms with van der Waals surface area (Å²) in [5.41, 5.74) is 3.02. The first-order chi connectivity index (χ1) is 10.7. The van der Waals surface area contributed by atoms with E-state index in [0.717, 1.165) is 7.11 Å². The fourth-order valence-electron chi connectivity index (χ4n) is 2.06. The number of carbonyl (C=O) groups is 1. The number of benzene rings is 1. The van der Waals surface area contributed by atoms with Gasteiger partial charge in [-0.2, -0.15) is 13.2 Å². The van der Waals surface area contributed by atoms with Crippen LogP contribution < -0.4 is 10.5 Å². The molecule has 0 aliphatic carbocycles. The summed E-state index contributed by atoms with van der Waals surface area (Å²) in [5, 5.41) is 0. The fourth-order valence-corrected chi connectivity index (χ4v) is 2.42. The summed E-state index contributed by atoms with van der Waals surface area (Å²) >= 11 is 3.11. The number of hydrogen-bond acceptors (Lipinski definition) is 3. The molecule has 2 rings (SSSR count). The van der Waals surface area contributed by atoms with Gasteiger partial charge in [-0.1, -0.05) is 22.0 Å². The Bertz CT molecular complexity index is 778. The molecule has 9 heteroatoms. The highest BCUT2D eigenvalue weighted by atomic mass is 79.9. The van der Waals surface area contributed by atoms with Crippen LogP contribution in [0.2, 0.25) is 0 Å². The first-order valence-electron chi connectivity index (χ1n) is 6.06. The fraction of sp³-hybridized carbons (Fsp3) is 0.143. The minimum Gasteiger partial charge on any atom is -0.494 e. The molecule has 122 valence electrons. The van der Waals surface area contributed by atoms with Crippen LogP contribution in [-0.4, -0.2) is 18.0 Å². The number of pyridine rings is 1. The number of aromatic nitrogens is 1. The van der Waals surface area contributed by atoms with Crippen molar-refractivity contribution in [3.8, 4) is 16.9 Å². The van der Waals surface area contributed by atoms with Crippen molar-refractivity contribution < 1.29 is 27.1 Å². The molecule has 1 aromatic heterocycles. The number of hydrogen-bond donors (Lipinski definition) is 1. The van der Waals surface area contributed by atoms with Gasteiger partial charge < -0.3 is 10.5 Å². The minimum atomic E-state index is -4.85. The van der Waals surface area contributed by atoms with Gasteiger partial charge in [0.25, 0.3) is 0 Å². The van der Waals surface area contributed by atoms with Crippen molar-refractivity contribution in [2.45, 2.75) is 6.18 Å². The zero-order chi connectivity index (χ0) is 17.4. The summed E-state index contributed by atoms with van der Waals surface area (Å²) in [6, 6.07) is 3.99. The third-order valence-corrected chi connectivity index (χ3v) is 3.47. The molecular weight excluding hydrogens is 384 g/mol. The second-order valence-electron chi connectivity index (χ2n) is 4.41. The van der Waals surface area contributed by atoms with Crippen molar-refractivity contribution in [1.82, 2.24) is 4.98 Å². The van der Waals surface area contributed by atoms with E-state index in [4.69, 9.17) is 10.5 Å². The Hall–Kier alpha value is -2.16. The number of carbonyl (C=O) groups excluding carboxylic acids is 1. The summed E-state index contributed by atoms with van der Waals surface area (Å²) in [5.74, 6) is -2.81. The number of alkyl halides is 3. The van der Waals surface area contributed by atoms with Crippen molar-refractivity contribution in [3.05, 3.63) is 45.9 Å². The largest absolute Gasteiger partial charge is 0.494 e.